The number of carbonyl (C=O) groups is 2. The van der Waals surface area contributed by atoms with Crippen LogP contribution in [0.3, 0.4) is 0 Å². The summed E-state index contributed by atoms with van der Waals surface area (Å²) in [4.78, 5) is 23.9. The minimum Gasteiger partial charge on any atom is -0.504 e. The lowest BCUT2D eigenvalue weighted by Gasteiger charge is -2.10. The zero-order chi connectivity index (χ0) is 25.0. The first-order valence-electron chi connectivity index (χ1n) is 13.4. The number of benzene rings is 1. The molecule has 34 heavy (non-hydrogen) atoms. The van der Waals surface area contributed by atoms with E-state index >= 15 is 0 Å². The third-order valence-corrected chi connectivity index (χ3v) is 5.92. The van der Waals surface area contributed by atoms with Crippen molar-refractivity contribution in [1.29, 1.82) is 0 Å². The number of aromatic hydroxyl groups is 2. The van der Waals surface area contributed by atoms with Crippen LogP contribution in [0.2, 0.25) is 0 Å². The van der Waals surface area contributed by atoms with Crippen LogP contribution in [0.1, 0.15) is 133 Å². The van der Waals surface area contributed by atoms with Crippen molar-refractivity contribution in [1.82, 2.24) is 0 Å². The van der Waals surface area contributed by atoms with Gasteiger partial charge in [-0.3, -0.25) is 4.79 Å². The number of hydrogen-bond acceptors (Lipinski definition) is 6. The summed E-state index contributed by atoms with van der Waals surface area (Å²) in [5.74, 6) is -2.41. The van der Waals surface area contributed by atoms with Crippen molar-refractivity contribution >= 4 is 11.9 Å². The van der Waals surface area contributed by atoms with Crippen LogP contribution in [0, 0.1) is 0 Å². The first kappa shape index (κ1) is 29.8. The Hall–Kier alpha value is -2.24. The van der Waals surface area contributed by atoms with E-state index in [1.165, 1.54) is 77.0 Å². The Balaban J connectivity index is 2.10. The molecule has 1 aromatic carbocycles. The summed E-state index contributed by atoms with van der Waals surface area (Å²) >= 11 is 0. The van der Waals surface area contributed by atoms with E-state index in [1.54, 1.807) is 0 Å². The van der Waals surface area contributed by atoms with Gasteiger partial charge in [0.05, 0.1) is 12.2 Å². The van der Waals surface area contributed by atoms with Gasteiger partial charge in [-0.15, -0.1) is 0 Å². The number of esters is 2. The molecule has 0 aliphatic carbocycles. The minimum absolute atomic E-state index is 0.00524. The van der Waals surface area contributed by atoms with Crippen LogP contribution in [0.5, 0.6) is 17.2 Å². The lowest BCUT2D eigenvalue weighted by Crippen LogP contribution is -2.09. The van der Waals surface area contributed by atoms with Gasteiger partial charge in [0, 0.05) is 6.42 Å². The maximum absolute atomic E-state index is 12.1. The molecule has 6 heteroatoms. The number of phenolic OH excluding ortho intramolecular Hbond substituents is 2. The van der Waals surface area contributed by atoms with E-state index in [4.69, 9.17) is 9.47 Å². The van der Waals surface area contributed by atoms with E-state index in [2.05, 4.69) is 6.92 Å². The van der Waals surface area contributed by atoms with Gasteiger partial charge in [-0.05, 0) is 25.0 Å². The van der Waals surface area contributed by atoms with Gasteiger partial charge in [-0.2, -0.15) is 0 Å². The highest BCUT2D eigenvalue weighted by Crippen LogP contribution is 2.37. The van der Waals surface area contributed by atoms with Crippen molar-refractivity contribution < 1.29 is 29.3 Å². The maximum Gasteiger partial charge on any atom is 0.338 e. The van der Waals surface area contributed by atoms with Crippen LogP contribution in [-0.2, 0) is 9.53 Å². The Morgan fingerprint density at radius 2 is 1.12 bits per heavy atom. The predicted molar refractivity (Wildman–Crippen MR) is 136 cm³/mol. The molecule has 0 aromatic heterocycles. The Kier molecular flexibility index (Phi) is 16.7. The van der Waals surface area contributed by atoms with E-state index in [9.17, 15) is 19.8 Å². The second-order valence-electron chi connectivity index (χ2n) is 9.15. The third kappa shape index (κ3) is 13.5. The van der Waals surface area contributed by atoms with Crippen LogP contribution >= 0.6 is 0 Å². The Bertz CT molecular complexity index is 677. The van der Waals surface area contributed by atoms with E-state index < -0.39 is 23.4 Å². The van der Waals surface area contributed by atoms with Gasteiger partial charge in [0.15, 0.2) is 11.5 Å². The van der Waals surface area contributed by atoms with E-state index in [0.29, 0.717) is 12.8 Å². The fourth-order valence-electron chi connectivity index (χ4n) is 3.90. The molecular weight excluding hydrogens is 432 g/mol. The molecule has 0 amide bonds. The largest absolute Gasteiger partial charge is 0.504 e. The van der Waals surface area contributed by atoms with Crippen LogP contribution in [0.25, 0.3) is 0 Å². The zero-order valence-corrected chi connectivity index (χ0v) is 21.4. The fraction of sp³-hybridized carbons (Fsp3) is 0.714. The van der Waals surface area contributed by atoms with E-state index in [-0.39, 0.29) is 24.3 Å². The van der Waals surface area contributed by atoms with Crippen LogP contribution < -0.4 is 4.74 Å². The number of rotatable bonds is 20. The minimum atomic E-state index is -0.650. The number of phenols is 2. The predicted octanol–water partition coefficient (Wildman–Crippen LogP) is 7.83. The summed E-state index contributed by atoms with van der Waals surface area (Å²) in [6.07, 6.45) is 19.6. The van der Waals surface area contributed by atoms with Gasteiger partial charge in [0.2, 0.25) is 5.75 Å². The molecule has 194 valence electrons. The summed E-state index contributed by atoms with van der Waals surface area (Å²) in [5, 5.41) is 20.1. The molecule has 0 heterocycles. The molecule has 0 unspecified atom stereocenters. The number of ether oxygens (including phenoxy) is 2. The van der Waals surface area contributed by atoms with Crippen LogP contribution in [0.4, 0.5) is 0 Å². The highest BCUT2D eigenvalue weighted by Gasteiger charge is 2.18. The lowest BCUT2D eigenvalue weighted by atomic mass is 10.0. The summed E-state index contributed by atoms with van der Waals surface area (Å²) in [6, 6.07) is 2.27. The molecule has 0 saturated carbocycles. The summed E-state index contributed by atoms with van der Waals surface area (Å²) in [5.41, 5.74) is 0.00524. The zero-order valence-electron chi connectivity index (χ0n) is 21.4. The molecule has 1 aromatic rings. The Labute approximate surface area is 206 Å². The summed E-state index contributed by atoms with van der Waals surface area (Å²) in [7, 11) is 0. The Morgan fingerprint density at radius 1 is 0.676 bits per heavy atom. The smallest absolute Gasteiger partial charge is 0.338 e. The standard InChI is InChI=1S/C28H46O6/c1-3-5-6-7-8-9-10-11-12-13-14-15-16-17-18-19-26(31)34-27-24(29)21-23(22-25(27)30)28(32)33-20-4-2/h21-22,29-30H,3-20H2,1-2H3. The number of hydrogen-bond donors (Lipinski definition) is 2. The second kappa shape index (κ2) is 19.1. The quantitative estimate of drug-likeness (QED) is 0.113. The molecule has 0 saturated heterocycles. The average molecular weight is 479 g/mol. The third-order valence-electron chi connectivity index (χ3n) is 5.92. The molecule has 0 radical (unpaired) electrons. The second-order valence-corrected chi connectivity index (χ2v) is 9.15. The first-order chi connectivity index (χ1) is 16.5. The molecular formula is C28H46O6. The molecule has 0 bridgehead atoms. The molecule has 0 fully saturated rings. The number of unbranched alkanes of at least 4 members (excludes halogenated alkanes) is 14. The van der Waals surface area contributed by atoms with Crippen molar-refractivity contribution in [3.05, 3.63) is 17.7 Å². The molecule has 2 N–H and O–H groups in total. The first-order valence-corrected chi connectivity index (χ1v) is 13.4. The average Bonchev–Trinajstić information content (AvgIpc) is 2.82. The molecule has 6 nitrogen and oxygen atoms in total. The van der Waals surface area contributed by atoms with Gasteiger partial charge in [-0.25, -0.2) is 4.79 Å². The lowest BCUT2D eigenvalue weighted by molar-refractivity contribution is -0.134. The van der Waals surface area contributed by atoms with Crippen molar-refractivity contribution in [3.8, 4) is 17.2 Å². The molecule has 0 aliphatic rings. The molecule has 0 aliphatic heterocycles. The summed E-state index contributed by atoms with van der Waals surface area (Å²) < 4.78 is 10.1. The Morgan fingerprint density at radius 3 is 1.56 bits per heavy atom. The molecule has 1 rings (SSSR count). The van der Waals surface area contributed by atoms with E-state index in [0.717, 1.165) is 25.0 Å². The topological polar surface area (TPSA) is 93.1 Å². The van der Waals surface area contributed by atoms with Gasteiger partial charge in [-0.1, -0.05) is 104 Å². The highest BCUT2D eigenvalue weighted by atomic mass is 16.5. The fourth-order valence-corrected chi connectivity index (χ4v) is 3.90. The van der Waals surface area contributed by atoms with Gasteiger partial charge in [0.1, 0.15) is 0 Å². The van der Waals surface area contributed by atoms with Crippen molar-refractivity contribution in [3.63, 3.8) is 0 Å². The highest BCUT2D eigenvalue weighted by molar-refractivity contribution is 5.91. The van der Waals surface area contributed by atoms with Crippen molar-refractivity contribution in [2.75, 3.05) is 6.61 Å². The van der Waals surface area contributed by atoms with Crippen molar-refractivity contribution in [2.24, 2.45) is 0 Å². The summed E-state index contributed by atoms with van der Waals surface area (Å²) in [6.45, 7) is 4.37. The van der Waals surface area contributed by atoms with Gasteiger partial charge < -0.3 is 19.7 Å². The van der Waals surface area contributed by atoms with Crippen molar-refractivity contribution in [2.45, 2.75) is 123 Å². The SMILES string of the molecule is CCCCCCCCCCCCCCCCCC(=O)Oc1c(O)cc(C(=O)OCCC)cc1O. The molecule has 0 spiro atoms. The van der Waals surface area contributed by atoms with Crippen LogP contribution in [-0.4, -0.2) is 28.8 Å². The molecule has 0 atom stereocenters. The number of carbonyl (C=O) groups excluding carboxylic acids is 2. The van der Waals surface area contributed by atoms with Gasteiger partial charge in [0.25, 0.3) is 0 Å². The maximum atomic E-state index is 12.1. The monoisotopic (exact) mass is 478 g/mol. The van der Waals surface area contributed by atoms with E-state index in [1.807, 2.05) is 6.92 Å². The van der Waals surface area contributed by atoms with Crippen LogP contribution in [0.15, 0.2) is 12.1 Å². The van der Waals surface area contributed by atoms with Gasteiger partial charge >= 0.3 is 11.9 Å². The normalized spacial score (nSPS) is 10.9.